The van der Waals surface area contributed by atoms with E-state index in [4.69, 9.17) is 15.2 Å². The number of halogens is 1. The van der Waals surface area contributed by atoms with Gasteiger partial charge in [-0.25, -0.2) is 0 Å². The van der Waals surface area contributed by atoms with Gasteiger partial charge in [0.2, 0.25) is 0 Å². The molecule has 3 fully saturated rings. The van der Waals surface area contributed by atoms with Gasteiger partial charge in [0.05, 0.1) is 0 Å². The number of carbonyl (C=O) groups excluding carboxylic acids is 4. The molecule has 0 spiro atoms. The van der Waals surface area contributed by atoms with Gasteiger partial charge in [0.15, 0.2) is 6.29 Å². The number of ether oxygens (including phenoxy) is 2. The number of nitrogens with zero attached hydrogens (tertiary/aromatic N) is 4. The first-order valence-electron chi connectivity index (χ1n) is 23.8. The predicted octanol–water partition coefficient (Wildman–Crippen LogP) is 6.71. The van der Waals surface area contributed by atoms with Crippen molar-refractivity contribution < 1.29 is 28.7 Å². The van der Waals surface area contributed by atoms with E-state index in [9.17, 15) is 19.2 Å². The van der Waals surface area contributed by atoms with E-state index in [1.807, 2.05) is 55.6 Å². The number of hydrogen-bond donors (Lipinski definition) is 5. The number of hydrogen-bond acceptors (Lipinski definition) is 11. The minimum Gasteiger partial charge on any atom is -0.398 e. The average Bonchev–Trinajstić information content (AvgIpc) is 3.76. The first-order chi connectivity index (χ1) is 32.1. The van der Waals surface area contributed by atoms with Gasteiger partial charge in [0.1, 0.15) is 5.78 Å². The Kier molecular flexibility index (Phi) is 25.0. The van der Waals surface area contributed by atoms with E-state index in [0.29, 0.717) is 47.0 Å². The molecule has 15 nitrogen and oxygen atoms in total. The number of piperidine rings is 3. The van der Waals surface area contributed by atoms with Gasteiger partial charge < -0.3 is 55.7 Å². The molecule has 6 N–H and O–H groups in total. The number of likely N-dealkylation sites (tertiary alicyclic amines) is 3. The van der Waals surface area contributed by atoms with Crippen LogP contribution in [-0.4, -0.2) is 151 Å². The summed E-state index contributed by atoms with van der Waals surface area (Å²) >= 11 is 0. The summed E-state index contributed by atoms with van der Waals surface area (Å²) in [6.07, 6.45) is 9.50. The Morgan fingerprint density at radius 2 is 1.15 bits per heavy atom. The van der Waals surface area contributed by atoms with Gasteiger partial charge >= 0.3 is 0 Å². The number of nitrogens with two attached hydrogens (primary N) is 1. The van der Waals surface area contributed by atoms with Crippen LogP contribution in [0.1, 0.15) is 101 Å². The summed E-state index contributed by atoms with van der Waals surface area (Å²) in [6, 6.07) is 20.3. The van der Waals surface area contributed by atoms with Crippen molar-refractivity contribution in [2.24, 2.45) is 5.92 Å². The number of nitrogens with one attached hydrogen (secondary N) is 4. The fourth-order valence-corrected chi connectivity index (χ4v) is 8.39. The molecule has 4 heterocycles. The Morgan fingerprint density at radius 1 is 0.662 bits per heavy atom. The molecule has 0 bridgehead atoms. The Labute approximate surface area is 422 Å². The topological polar surface area (TPSA) is 176 Å². The number of amides is 3. The maximum atomic E-state index is 12.0. The number of ketones is 1. The van der Waals surface area contributed by atoms with Crippen LogP contribution in [0.4, 0.5) is 11.4 Å². The maximum Gasteiger partial charge on any atom is 0.251 e. The van der Waals surface area contributed by atoms with Crippen molar-refractivity contribution in [2.45, 2.75) is 83.6 Å². The molecule has 3 amide bonds. The van der Waals surface area contributed by atoms with Crippen LogP contribution < -0.4 is 27.0 Å². The third-order valence-electron chi connectivity index (χ3n) is 12.7. The smallest absolute Gasteiger partial charge is 0.251 e. The SMILES string of the molecule is CN1CCC(=O)CC1.CNC(=O)c1ccc(CC(C)C)c(N)c1.CNC(=O)c1ccc(CC(OC)OC)c(NC2CCN(C)CC2)c1.CNC(=O)c1ccc2ccn(C3CCN(C)CC3)c2c1.I. The van der Waals surface area contributed by atoms with E-state index >= 15 is 0 Å². The highest BCUT2D eigenvalue weighted by atomic mass is 127. The highest BCUT2D eigenvalue weighted by Gasteiger charge is 2.21. The zero-order chi connectivity index (χ0) is 49.0. The molecule has 16 heteroatoms. The van der Waals surface area contributed by atoms with Gasteiger partial charge in [-0.3, -0.25) is 19.2 Å². The highest BCUT2D eigenvalue weighted by Crippen LogP contribution is 2.28. The molecule has 0 radical (unpaired) electrons. The lowest BCUT2D eigenvalue weighted by molar-refractivity contribution is -0.121. The Hall–Kier alpha value is -4.59. The highest BCUT2D eigenvalue weighted by molar-refractivity contribution is 14.0. The van der Waals surface area contributed by atoms with Crippen molar-refractivity contribution >= 4 is 69.8 Å². The summed E-state index contributed by atoms with van der Waals surface area (Å²) in [5.41, 5.74) is 12.9. The second-order valence-corrected chi connectivity index (χ2v) is 18.3. The van der Waals surface area contributed by atoms with Gasteiger partial charge in [0, 0.05) is 120 Å². The van der Waals surface area contributed by atoms with Crippen LogP contribution in [-0.2, 0) is 27.1 Å². The summed E-state index contributed by atoms with van der Waals surface area (Å²) in [7, 11) is 14.6. The number of rotatable bonds is 12. The lowest BCUT2D eigenvalue weighted by atomic mass is 10.00. The quantitative estimate of drug-likeness (QED) is 0.0580. The van der Waals surface area contributed by atoms with E-state index < -0.39 is 0 Å². The molecular formula is C52H80IN9O6. The Bertz CT molecular complexity index is 2190. The number of carbonyl (C=O) groups is 4. The third-order valence-corrected chi connectivity index (χ3v) is 12.7. The number of aromatic nitrogens is 1. The van der Waals surface area contributed by atoms with Crippen molar-refractivity contribution in [3.8, 4) is 0 Å². The predicted molar refractivity (Wildman–Crippen MR) is 287 cm³/mol. The summed E-state index contributed by atoms with van der Waals surface area (Å²) in [5.74, 6) is 0.782. The van der Waals surface area contributed by atoms with Crippen molar-refractivity contribution in [3.63, 3.8) is 0 Å². The second-order valence-electron chi connectivity index (χ2n) is 18.3. The second kappa shape index (κ2) is 29.4. The number of benzene rings is 3. The van der Waals surface area contributed by atoms with Gasteiger partial charge in [-0.2, -0.15) is 0 Å². The van der Waals surface area contributed by atoms with Crippen LogP contribution in [0, 0.1) is 5.92 Å². The van der Waals surface area contributed by atoms with E-state index in [1.54, 1.807) is 41.4 Å². The number of nitrogen functional groups attached to an aromatic ring is 1. The summed E-state index contributed by atoms with van der Waals surface area (Å²) in [4.78, 5) is 52.5. The number of anilines is 2. The molecule has 3 aliphatic rings. The van der Waals surface area contributed by atoms with Crippen LogP contribution >= 0.6 is 24.0 Å². The lowest BCUT2D eigenvalue weighted by Gasteiger charge is -2.31. The van der Waals surface area contributed by atoms with E-state index in [0.717, 1.165) is 93.8 Å². The first-order valence-corrected chi connectivity index (χ1v) is 23.8. The average molecular weight is 1050 g/mol. The molecule has 3 aliphatic heterocycles. The third kappa shape index (κ3) is 18.1. The largest absolute Gasteiger partial charge is 0.398 e. The fraction of sp³-hybridized carbons (Fsp3) is 0.538. The molecule has 0 unspecified atom stereocenters. The van der Waals surface area contributed by atoms with Crippen LogP contribution in [0.15, 0.2) is 66.9 Å². The summed E-state index contributed by atoms with van der Waals surface area (Å²) in [5, 5.41) is 12.8. The molecule has 0 saturated carbocycles. The summed E-state index contributed by atoms with van der Waals surface area (Å²) < 4.78 is 13.0. The van der Waals surface area contributed by atoms with Crippen molar-refractivity contribution in [1.82, 2.24) is 35.2 Å². The maximum absolute atomic E-state index is 12.0. The van der Waals surface area contributed by atoms with Crippen LogP contribution in [0.25, 0.3) is 10.9 Å². The van der Waals surface area contributed by atoms with E-state index in [1.165, 1.54) is 23.7 Å². The Morgan fingerprint density at radius 3 is 1.65 bits per heavy atom. The van der Waals surface area contributed by atoms with Crippen molar-refractivity contribution in [2.75, 3.05) is 107 Å². The van der Waals surface area contributed by atoms with Crippen molar-refractivity contribution in [1.29, 1.82) is 0 Å². The first kappa shape index (κ1) is 57.7. The number of methoxy groups -OCH3 is 2. The van der Waals surface area contributed by atoms with Gasteiger partial charge in [-0.05, 0) is 144 Å². The summed E-state index contributed by atoms with van der Waals surface area (Å²) in [6.45, 7) is 10.6. The van der Waals surface area contributed by atoms with Gasteiger partial charge in [-0.15, -0.1) is 24.0 Å². The normalized spacial score (nSPS) is 16.0. The molecule has 68 heavy (non-hydrogen) atoms. The molecule has 0 aliphatic carbocycles. The molecular weight excluding hydrogens is 974 g/mol. The van der Waals surface area contributed by atoms with Gasteiger partial charge in [0.25, 0.3) is 17.7 Å². The molecule has 4 aromatic rings. The molecule has 376 valence electrons. The monoisotopic (exact) mass is 1050 g/mol. The molecule has 7 rings (SSSR count). The van der Waals surface area contributed by atoms with Crippen LogP contribution in [0.3, 0.4) is 0 Å². The molecule has 1 aromatic heterocycles. The molecule has 3 aromatic carbocycles. The minimum absolute atomic E-state index is 0. The lowest BCUT2D eigenvalue weighted by Crippen LogP contribution is -2.37. The standard InChI is InChI=1S/C18H29N3O3.C16H21N3O.C12H18N2O.C6H11NO.HI/c1-19-18(22)14-6-5-13(12-17(23-3)24-4)16(11-14)20-15-7-9-21(2)10-8-15;1-17-16(20)13-4-3-12-5-10-19(15(12)11-13)14-6-8-18(2)9-7-14;1-8(2)6-9-4-5-10(7-11(9)13)12(15)14-3;1-7-4-2-6(8)3-5-7;/h5-6,11,15,17,20H,7-10,12H2,1-4H3,(H,19,22);3-5,10-11,14H,6-9H2,1-2H3,(H,17,20);4-5,7-8H,6,13H2,1-3H3,(H,14,15);2-5H2,1H3;1H. The van der Waals surface area contributed by atoms with Crippen LogP contribution in [0.5, 0.6) is 0 Å². The Balaban J connectivity index is 0.000000253. The minimum atomic E-state index is -0.297. The number of fused-ring (bicyclic) bond motifs is 1. The van der Waals surface area contributed by atoms with E-state index in [-0.39, 0.29) is 48.0 Å². The van der Waals surface area contributed by atoms with Crippen molar-refractivity contribution in [3.05, 3.63) is 94.7 Å². The van der Waals surface area contributed by atoms with E-state index in [2.05, 4.69) is 80.7 Å². The number of Topliss-reactive ketones (excluding diaryl/α,β-unsaturated/α-hetero) is 1. The fourth-order valence-electron chi connectivity index (χ4n) is 8.39. The van der Waals surface area contributed by atoms with Gasteiger partial charge in [-0.1, -0.05) is 32.0 Å². The zero-order valence-electron chi connectivity index (χ0n) is 42.3. The zero-order valence-corrected chi connectivity index (χ0v) is 44.6. The molecule has 3 saturated heterocycles. The van der Waals surface area contributed by atoms with Crippen LogP contribution in [0.2, 0.25) is 0 Å². The molecule has 0 atom stereocenters.